The van der Waals surface area contributed by atoms with Gasteiger partial charge in [-0.15, -0.1) is 13.2 Å². The lowest BCUT2D eigenvalue weighted by Gasteiger charge is -2.38. The number of carbonyl (C=O) groups excluding carboxylic acids is 3. The van der Waals surface area contributed by atoms with Crippen LogP contribution in [0, 0.1) is 11.8 Å². The zero-order valence-corrected chi connectivity index (χ0v) is 24.9. The van der Waals surface area contributed by atoms with Crippen molar-refractivity contribution < 1.29 is 24.2 Å². The first kappa shape index (κ1) is 30.0. The standard InChI is InChI=1S/C33H38ClN3O5/c1-5-19-35(24-11-9-8-10-12-24)29(39)26-27-30(40)37(22(4)21-38)28(33(27)18-17-32(26,7-3)42-33)31(41)36(20-6-2)25-15-13-23(34)14-16-25/h5-6,8-16,22,26-28,38H,1-2,7,17-21H2,3-4H3/t22-,26+,27+,28?,32-,33?/m1/s1. The highest BCUT2D eigenvalue weighted by molar-refractivity contribution is 6.30. The van der Waals surface area contributed by atoms with Gasteiger partial charge in [-0.05, 0) is 62.6 Å². The molecule has 0 aromatic heterocycles. The van der Waals surface area contributed by atoms with E-state index in [1.54, 1.807) is 53.1 Å². The minimum atomic E-state index is -1.23. The fourth-order valence-corrected chi connectivity index (χ4v) is 7.45. The average Bonchev–Trinajstić information content (AvgIpc) is 3.62. The molecule has 2 unspecified atom stereocenters. The molecule has 0 aliphatic carbocycles. The normalized spacial score (nSPS) is 28.3. The Morgan fingerprint density at radius 1 is 1.05 bits per heavy atom. The molecule has 3 aliphatic rings. The number of rotatable bonds is 11. The molecule has 3 heterocycles. The maximum absolute atomic E-state index is 14.6. The molecule has 3 saturated heterocycles. The van der Waals surface area contributed by atoms with E-state index in [1.165, 1.54) is 4.90 Å². The number of aliphatic hydroxyl groups excluding tert-OH is 1. The van der Waals surface area contributed by atoms with Crippen LogP contribution >= 0.6 is 11.6 Å². The second kappa shape index (κ2) is 11.7. The van der Waals surface area contributed by atoms with Crippen molar-refractivity contribution in [1.29, 1.82) is 0 Å². The molecule has 2 bridgehead atoms. The Kier molecular flexibility index (Phi) is 8.34. The molecular weight excluding hydrogens is 554 g/mol. The molecule has 6 atom stereocenters. The Bertz CT molecular complexity index is 1370. The van der Waals surface area contributed by atoms with Gasteiger partial charge in [0.2, 0.25) is 11.8 Å². The van der Waals surface area contributed by atoms with Crippen molar-refractivity contribution in [2.45, 2.75) is 56.4 Å². The summed E-state index contributed by atoms with van der Waals surface area (Å²) in [4.78, 5) is 48.3. The number of anilines is 2. The fourth-order valence-electron chi connectivity index (χ4n) is 7.32. The van der Waals surface area contributed by atoms with Crippen LogP contribution in [-0.2, 0) is 19.1 Å². The van der Waals surface area contributed by atoms with E-state index in [9.17, 15) is 19.5 Å². The van der Waals surface area contributed by atoms with Crippen LogP contribution in [-0.4, -0.2) is 70.7 Å². The molecule has 5 rings (SSSR count). The largest absolute Gasteiger partial charge is 0.394 e. The van der Waals surface area contributed by atoms with E-state index in [0.717, 1.165) is 0 Å². The molecular formula is C33H38ClN3O5. The zero-order valence-electron chi connectivity index (χ0n) is 24.1. The summed E-state index contributed by atoms with van der Waals surface area (Å²) in [7, 11) is 0. The highest BCUT2D eigenvalue weighted by Crippen LogP contribution is 2.65. The molecule has 2 aromatic carbocycles. The van der Waals surface area contributed by atoms with Gasteiger partial charge in [-0.1, -0.05) is 48.9 Å². The van der Waals surface area contributed by atoms with Gasteiger partial charge in [-0.2, -0.15) is 0 Å². The average molecular weight is 592 g/mol. The van der Waals surface area contributed by atoms with Gasteiger partial charge in [0.1, 0.15) is 11.6 Å². The number of carbonyl (C=O) groups is 3. The lowest BCUT2D eigenvalue weighted by Crippen LogP contribution is -2.58. The Morgan fingerprint density at radius 2 is 1.64 bits per heavy atom. The lowest BCUT2D eigenvalue weighted by atomic mass is 9.64. The van der Waals surface area contributed by atoms with Crippen LogP contribution in [0.25, 0.3) is 0 Å². The summed E-state index contributed by atoms with van der Waals surface area (Å²) in [5, 5.41) is 10.8. The maximum atomic E-state index is 14.6. The highest BCUT2D eigenvalue weighted by atomic mass is 35.5. The van der Waals surface area contributed by atoms with Crippen molar-refractivity contribution in [1.82, 2.24) is 4.90 Å². The predicted molar refractivity (Wildman–Crippen MR) is 163 cm³/mol. The number of hydrogen-bond donors (Lipinski definition) is 1. The van der Waals surface area contributed by atoms with E-state index in [-0.39, 0.29) is 37.4 Å². The number of benzene rings is 2. The monoisotopic (exact) mass is 591 g/mol. The molecule has 222 valence electrons. The molecule has 0 radical (unpaired) electrons. The molecule has 0 saturated carbocycles. The summed E-state index contributed by atoms with van der Waals surface area (Å²) < 4.78 is 6.92. The van der Waals surface area contributed by atoms with E-state index >= 15 is 0 Å². The maximum Gasteiger partial charge on any atom is 0.253 e. The topological polar surface area (TPSA) is 90.4 Å². The Labute approximate surface area is 252 Å². The number of amides is 3. The van der Waals surface area contributed by atoms with Gasteiger partial charge in [0.05, 0.1) is 30.1 Å². The predicted octanol–water partition coefficient (Wildman–Crippen LogP) is 4.61. The molecule has 3 aliphatic heterocycles. The summed E-state index contributed by atoms with van der Waals surface area (Å²) >= 11 is 6.13. The SMILES string of the molecule is C=CCN(C(=O)C1N([C@H](C)CO)C(=O)[C@@H]2[C@@H](C(=O)N(CC=C)c3ccccc3)[C@@]3(CC)CCC12O3)c1ccc(Cl)cc1. The summed E-state index contributed by atoms with van der Waals surface area (Å²) in [5.41, 5.74) is -0.831. The number of nitrogens with zero attached hydrogens (tertiary/aromatic N) is 3. The number of fused-ring (bicyclic) bond motifs is 1. The molecule has 1 N–H and O–H groups in total. The van der Waals surface area contributed by atoms with Gasteiger partial charge < -0.3 is 24.5 Å². The zero-order chi connectivity index (χ0) is 30.2. The van der Waals surface area contributed by atoms with Crippen LogP contribution in [0.5, 0.6) is 0 Å². The third-order valence-corrected chi connectivity index (χ3v) is 9.47. The van der Waals surface area contributed by atoms with Gasteiger partial charge >= 0.3 is 0 Å². The fraction of sp³-hybridized carbons (Fsp3) is 0.424. The van der Waals surface area contributed by atoms with Crippen LogP contribution in [0.3, 0.4) is 0 Å². The number of ether oxygens (including phenoxy) is 1. The molecule has 3 fully saturated rings. The van der Waals surface area contributed by atoms with Crippen molar-refractivity contribution in [2.24, 2.45) is 11.8 Å². The van der Waals surface area contributed by atoms with Gasteiger partial charge in [0.25, 0.3) is 5.91 Å². The summed E-state index contributed by atoms with van der Waals surface area (Å²) in [6.45, 7) is 11.5. The number of aliphatic hydroxyl groups is 1. The number of likely N-dealkylation sites (tertiary alicyclic amines) is 1. The Hall–Kier alpha value is -3.46. The van der Waals surface area contributed by atoms with Crippen molar-refractivity contribution in [3.05, 3.63) is 84.9 Å². The van der Waals surface area contributed by atoms with Gasteiger partial charge in [0.15, 0.2) is 0 Å². The van der Waals surface area contributed by atoms with E-state index in [2.05, 4.69) is 13.2 Å². The molecule has 2 aromatic rings. The van der Waals surface area contributed by atoms with Crippen LogP contribution in [0.15, 0.2) is 79.9 Å². The van der Waals surface area contributed by atoms with E-state index < -0.39 is 35.1 Å². The van der Waals surface area contributed by atoms with Crippen molar-refractivity contribution in [3.8, 4) is 0 Å². The van der Waals surface area contributed by atoms with Crippen molar-refractivity contribution in [3.63, 3.8) is 0 Å². The van der Waals surface area contributed by atoms with E-state index in [1.807, 2.05) is 37.3 Å². The summed E-state index contributed by atoms with van der Waals surface area (Å²) in [5.74, 6) is -2.61. The van der Waals surface area contributed by atoms with Crippen LogP contribution in [0.4, 0.5) is 11.4 Å². The summed E-state index contributed by atoms with van der Waals surface area (Å²) in [6.07, 6.45) is 4.78. The van der Waals surface area contributed by atoms with Crippen molar-refractivity contribution >= 4 is 40.7 Å². The van der Waals surface area contributed by atoms with Gasteiger partial charge in [-0.25, -0.2) is 0 Å². The first-order valence-corrected chi connectivity index (χ1v) is 14.9. The first-order valence-electron chi connectivity index (χ1n) is 14.5. The first-order chi connectivity index (χ1) is 20.2. The molecule has 9 heteroatoms. The van der Waals surface area contributed by atoms with Crippen molar-refractivity contribution in [2.75, 3.05) is 29.5 Å². The van der Waals surface area contributed by atoms with Gasteiger partial charge in [0, 0.05) is 29.5 Å². The number of hydrogen-bond acceptors (Lipinski definition) is 5. The third kappa shape index (κ3) is 4.57. The minimum Gasteiger partial charge on any atom is -0.394 e. The molecule has 42 heavy (non-hydrogen) atoms. The van der Waals surface area contributed by atoms with Crippen LogP contribution < -0.4 is 9.80 Å². The highest BCUT2D eigenvalue weighted by Gasteiger charge is 2.79. The summed E-state index contributed by atoms with van der Waals surface area (Å²) in [6, 6.07) is 14.5. The van der Waals surface area contributed by atoms with Gasteiger partial charge in [-0.3, -0.25) is 14.4 Å². The molecule has 3 amide bonds. The number of para-hydroxylation sites is 1. The molecule has 1 spiro atoms. The van der Waals surface area contributed by atoms with Crippen LogP contribution in [0.1, 0.15) is 33.1 Å². The Morgan fingerprint density at radius 3 is 2.21 bits per heavy atom. The second-order valence-corrected chi connectivity index (χ2v) is 11.8. The number of halogens is 1. The van der Waals surface area contributed by atoms with E-state index in [4.69, 9.17) is 16.3 Å². The smallest absolute Gasteiger partial charge is 0.253 e. The lowest BCUT2D eigenvalue weighted by molar-refractivity contribution is -0.149. The van der Waals surface area contributed by atoms with E-state index in [0.29, 0.717) is 35.7 Å². The van der Waals surface area contributed by atoms with Crippen LogP contribution in [0.2, 0.25) is 5.02 Å². The second-order valence-electron chi connectivity index (χ2n) is 11.4. The quantitative estimate of drug-likeness (QED) is 0.385. The minimum absolute atomic E-state index is 0.190. The Balaban J connectivity index is 1.63. The third-order valence-electron chi connectivity index (χ3n) is 9.22. The molecule has 8 nitrogen and oxygen atoms in total.